The van der Waals surface area contributed by atoms with Crippen LogP contribution in [0.4, 0.5) is 5.69 Å². The molecule has 1 aromatic carbocycles. The Balaban J connectivity index is 2.65. The van der Waals surface area contributed by atoms with Gasteiger partial charge in [0.1, 0.15) is 5.88 Å². The molecule has 0 saturated carbocycles. The summed E-state index contributed by atoms with van der Waals surface area (Å²) in [4.78, 5) is 14.9. The van der Waals surface area contributed by atoms with Crippen molar-refractivity contribution in [1.29, 1.82) is 0 Å². The van der Waals surface area contributed by atoms with E-state index in [4.69, 9.17) is 11.6 Å². The first-order valence-corrected chi connectivity index (χ1v) is 5.64. The van der Waals surface area contributed by atoms with Crippen LogP contribution in [0.1, 0.15) is 5.56 Å². The average molecular weight is 241 g/mol. The molecule has 1 rings (SSSR count). The molecule has 0 aliphatic carbocycles. The summed E-state index contributed by atoms with van der Waals surface area (Å²) in [5.41, 5.74) is 2.25. The van der Waals surface area contributed by atoms with Gasteiger partial charge in [-0.2, -0.15) is 0 Å². The van der Waals surface area contributed by atoms with E-state index in [2.05, 4.69) is 0 Å². The summed E-state index contributed by atoms with van der Waals surface area (Å²) in [5, 5.41) is 0. The zero-order valence-corrected chi connectivity index (χ0v) is 10.7. The number of benzene rings is 1. The van der Waals surface area contributed by atoms with Crippen LogP contribution in [0.3, 0.4) is 0 Å². The number of carbonyl (C=O) groups is 1. The van der Waals surface area contributed by atoms with Crippen LogP contribution < -0.4 is 4.90 Å². The van der Waals surface area contributed by atoms with Crippen molar-refractivity contribution in [2.45, 2.75) is 6.54 Å². The second-order valence-corrected chi connectivity index (χ2v) is 4.21. The molecule has 4 heteroatoms. The average Bonchev–Trinajstić information content (AvgIpc) is 2.28. The highest BCUT2D eigenvalue weighted by Gasteiger charge is 2.07. The van der Waals surface area contributed by atoms with E-state index in [0.717, 1.165) is 11.3 Å². The van der Waals surface area contributed by atoms with E-state index in [9.17, 15) is 4.79 Å². The van der Waals surface area contributed by atoms with Gasteiger partial charge >= 0.3 is 0 Å². The number of amides is 1. The predicted octanol–water partition coefficient (Wildman–Crippen LogP) is 1.95. The number of hydrogen-bond donors (Lipinski definition) is 0. The minimum Gasteiger partial charge on any atom is -0.378 e. The van der Waals surface area contributed by atoms with Gasteiger partial charge in [0.2, 0.25) is 5.91 Å². The highest BCUT2D eigenvalue weighted by molar-refractivity contribution is 6.27. The minimum atomic E-state index is -0.0571. The minimum absolute atomic E-state index is 0.0340. The Morgan fingerprint density at radius 3 is 2.19 bits per heavy atom. The maximum atomic E-state index is 11.3. The molecule has 0 aliphatic rings. The van der Waals surface area contributed by atoms with Crippen molar-refractivity contribution in [3.63, 3.8) is 0 Å². The molecule has 0 atom stereocenters. The Kier molecular flexibility index (Phi) is 4.62. The summed E-state index contributed by atoms with van der Waals surface area (Å²) in [6.07, 6.45) is 0. The summed E-state index contributed by atoms with van der Waals surface area (Å²) >= 11 is 5.48. The smallest absolute Gasteiger partial charge is 0.237 e. The lowest BCUT2D eigenvalue weighted by molar-refractivity contribution is -0.127. The number of rotatable bonds is 4. The summed E-state index contributed by atoms with van der Waals surface area (Å²) in [6.45, 7) is 0.596. The first-order valence-electron chi connectivity index (χ1n) is 5.10. The third-order valence-corrected chi connectivity index (χ3v) is 2.64. The van der Waals surface area contributed by atoms with Crippen molar-refractivity contribution in [2.24, 2.45) is 0 Å². The van der Waals surface area contributed by atoms with Gasteiger partial charge in [0.15, 0.2) is 0 Å². The molecular formula is C12H17ClN2O. The number of alkyl halides is 1. The monoisotopic (exact) mass is 240 g/mol. The van der Waals surface area contributed by atoms with Gasteiger partial charge in [-0.1, -0.05) is 12.1 Å². The number of nitrogens with zero attached hydrogens (tertiary/aromatic N) is 2. The molecule has 3 nitrogen and oxygen atoms in total. The molecule has 0 unspecified atom stereocenters. The van der Waals surface area contributed by atoms with Crippen LogP contribution in [0.2, 0.25) is 0 Å². The van der Waals surface area contributed by atoms with Crippen LogP contribution in [0.15, 0.2) is 24.3 Å². The topological polar surface area (TPSA) is 23.6 Å². The van der Waals surface area contributed by atoms with Crippen molar-refractivity contribution >= 4 is 23.2 Å². The first-order chi connectivity index (χ1) is 7.54. The normalized spacial score (nSPS) is 10.0. The molecule has 0 aliphatic heterocycles. The fourth-order valence-corrected chi connectivity index (χ4v) is 1.57. The third-order valence-electron chi connectivity index (χ3n) is 2.41. The molecule has 16 heavy (non-hydrogen) atoms. The number of halogens is 1. The largest absolute Gasteiger partial charge is 0.378 e. The van der Waals surface area contributed by atoms with E-state index in [1.54, 1.807) is 11.9 Å². The van der Waals surface area contributed by atoms with E-state index >= 15 is 0 Å². The standard InChI is InChI=1S/C12H17ClN2O/c1-14(2)11-6-4-10(5-7-11)9-15(3)12(16)8-13/h4-7H,8-9H2,1-3H3. The van der Waals surface area contributed by atoms with Crippen LogP contribution in [0, 0.1) is 0 Å². The van der Waals surface area contributed by atoms with Gasteiger partial charge in [0.25, 0.3) is 0 Å². The van der Waals surface area contributed by atoms with E-state index < -0.39 is 0 Å². The Morgan fingerprint density at radius 1 is 1.19 bits per heavy atom. The fourth-order valence-electron chi connectivity index (χ4n) is 1.36. The van der Waals surface area contributed by atoms with E-state index in [1.165, 1.54) is 0 Å². The van der Waals surface area contributed by atoms with Crippen LogP contribution in [0.25, 0.3) is 0 Å². The van der Waals surface area contributed by atoms with Crippen molar-refractivity contribution in [1.82, 2.24) is 4.90 Å². The van der Waals surface area contributed by atoms with Gasteiger partial charge in [-0.3, -0.25) is 4.79 Å². The zero-order chi connectivity index (χ0) is 12.1. The summed E-state index contributed by atoms with van der Waals surface area (Å²) in [5.74, 6) is -0.0231. The van der Waals surface area contributed by atoms with Crippen LogP contribution >= 0.6 is 11.6 Å². The maximum absolute atomic E-state index is 11.3. The van der Waals surface area contributed by atoms with Crippen LogP contribution in [-0.4, -0.2) is 37.8 Å². The molecule has 0 spiro atoms. The molecule has 0 heterocycles. The lowest BCUT2D eigenvalue weighted by Gasteiger charge is -2.17. The molecule has 1 amide bonds. The Hall–Kier alpha value is -1.22. The molecular weight excluding hydrogens is 224 g/mol. The van der Waals surface area contributed by atoms with Crippen LogP contribution in [-0.2, 0) is 11.3 Å². The number of carbonyl (C=O) groups excluding carboxylic acids is 1. The van der Waals surface area contributed by atoms with Gasteiger partial charge in [0, 0.05) is 33.4 Å². The molecule has 1 aromatic rings. The highest BCUT2D eigenvalue weighted by atomic mass is 35.5. The van der Waals surface area contributed by atoms with Gasteiger partial charge in [-0.25, -0.2) is 0 Å². The van der Waals surface area contributed by atoms with Gasteiger partial charge in [0.05, 0.1) is 0 Å². The Morgan fingerprint density at radius 2 is 1.75 bits per heavy atom. The zero-order valence-electron chi connectivity index (χ0n) is 9.90. The summed E-state index contributed by atoms with van der Waals surface area (Å²) in [6, 6.07) is 8.11. The fraction of sp³-hybridized carbons (Fsp3) is 0.417. The van der Waals surface area contributed by atoms with Crippen molar-refractivity contribution in [3.8, 4) is 0 Å². The molecule has 0 aromatic heterocycles. The Labute approximate surface area is 102 Å². The SMILES string of the molecule is CN(Cc1ccc(N(C)C)cc1)C(=O)CCl. The predicted molar refractivity (Wildman–Crippen MR) is 68.0 cm³/mol. The molecule has 0 N–H and O–H groups in total. The maximum Gasteiger partial charge on any atom is 0.237 e. The summed E-state index contributed by atoms with van der Waals surface area (Å²) < 4.78 is 0. The van der Waals surface area contributed by atoms with Crippen molar-refractivity contribution in [3.05, 3.63) is 29.8 Å². The van der Waals surface area contributed by atoms with Gasteiger partial charge in [-0.15, -0.1) is 11.6 Å². The lowest BCUT2D eigenvalue weighted by atomic mass is 10.2. The highest BCUT2D eigenvalue weighted by Crippen LogP contribution is 2.13. The van der Waals surface area contributed by atoms with E-state index in [1.807, 2.05) is 43.3 Å². The van der Waals surface area contributed by atoms with E-state index in [0.29, 0.717) is 6.54 Å². The second-order valence-electron chi connectivity index (χ2n) is 3.94. The molecule has 0 radical (unpaired) electrons. The van der Waals surface area contributed by atoms with E-state index in [-0.39, 0.29) is 11.8 Å². The molecule has 0 bridgehead atoms. The first kappa shape index (κ1) is 12.8. The van der Waals surface area contributed by atoms with Gasteiger partial charge < -0.3 is 9.80 Å². The quantitative estimate of drug-likeness (QED) is 0.752. The molecule has 0 saturated heterocycles. The lowest BCUT2D eigenvalue weighted by Crippen LogP contribution is -2.27. The van der Waals surface area contributed by atoms with Crippen molar-refractivity contribution in [2.75, 3.05) is 31.9 Å². The number of hydrogen-bond acceptors (Lipinski definition) is 2. The molecule has 0 fully saturated rings. The Bertz CT molecular complexity index is 349. The summed E-state index contributed by atoms with van der Waals surface area (Å²) in [7, 11) is 5.75. The van der Waals surface area contributed by atoms with Gasteiger partial charge in [-0.05, 0) is 17.7 Å². The molecule has 88 valence electrons. The number of anilines is 1. The second kappa shape index (κ2) is 5.75. The van der Waals surface area contributed by atoms with Crippen molar-refractivity contribution < 1.29 is 4.79 Å². The van der Waals surface area contributed by atoms with Crippen LogP contribution in [0.5, 0.6) is 0 Å². The third kappa shape index (κ3) is 3.42.